The van der Waals surface area contributed by atoms with Crippen LogP contribution in [-0.4, -0.2) is 47.8 Å². The van der Waals surface area contributed by atoms with E-state index in [0.717, 1.165) is 18.2 Å². The molecule has 44 heavy (non-hydrogen) atoms. The van der Waals surface area contributed by atoms with Crippen LogP contribution in [0.3, 0.4) is 0 Å². The topological polar surface area (TPSA) is 113 Å². The SMILES string of the molecule is CCN1C(=O)[C@H](NC(=O)c2cccc(C(F)(F)F)c2)[C@@H](c2cccc(NS(=O)(=O)CCl)c2)c2c(C)nn(-c3ccccc3)c21. The monoisotopic (exact) mass is 645 g/mol. The fraction of sp³-hybridized carbons (Fsp3) is 0.233. The molecule has 0 saturated carbocycles. The number of hydrogen-bond donors (Lipinski definition) is 2. The van der Waals surface area contributed by atoms with Crippen molar-refractivity contribution in [3.8, 4) is 5.69 Å². The van der Waals surface area contributed by atoms with Gasteiger partial charge in [-0.1, -0.05) is 36.4 Å². The fourth-order valence-corrected chi connectivity index (χ4v) is 6.06. The molecule has 3 aromatic carbocycles. The van der Waals surface area contributed by atoms with Gasteiger partial charge in [-0.25, -0.2) is 13.1 Å². The van der Waals surface area contributed by atoms with Crippen LogP contribution in [0.5, 0.6) is 0 Å². The van der Waals surface area contributed by atoms with Crippen LogP contribution in [0.1, 0.15) is 45.6 Å². The minimum absolute atomic E-state index is 0.172. The summed E-state index contributed by atoms with van der Waals surface area (Å²) in [6.45, 7) is 3.70. The van der Waals surface area contributed by atoms with E-state index in [4.69, 9.17) is 16.7 Å². The molecule has 0 unspecified atom stereocenters. The second kappa shape index (κ2) is 12.0. The lowest BCUT2D eigenvalue weighted by molar-refractivity contribution is -0.137. The molecular weight excluding hydrogens is 619 g/mol. The van der Waals surface area contributed by atoms with Crippen molar-refractivity contribution < 1.29 is 31.2 Å². The number of para-hydroxylation sites is 1. The molecule has 5 rings (SSSR count). The Balaban J connectivity index is 1.68. The molecule has 2 N–H and O–H groups in total. The molecule has 14 heteroatoms. The van der Waals surface area contributed by atoms with E-state index in [2.05, 4.69) is 10.0 Å². The van der Waals surface area contributed by atoms with Gasteiger partial charge >= 0.3 is 6.18 Å². The quantitative estimate of drug-likeness (QED) is 0.248. The van der Waals surface area contributed by atoms with Crippen molar-refractivity contribution >= 4 is 44.9 Å². The Morgan fingerprint density at radius 3 is 2.39 bits per heavy atom. The number of amides is 2. The number of rotatable bonds is 8. The lowest BCUT2D eigenvalue weighted by atomic mass is 9.81. The number of aromatic nitrogens is 2. The summed E-state index contributed by atoms with van der Waals surface area (Å²) in [5, 5.41) is 6.72. The molecule has 0 spiro atoms. The smallest absolute Gasteiger partial charge is 0.339 e. The third kappa shape index (κ3) is 6.02. The van der Waals surface area contributed by atoms with Gasteiger partial charge in [0, 0.05) is 29.3 Å². The molecule has 2 amide bonds. The highest BCUT2D eigenvalue weighted by molar-refractivity contribution is 7.93. The lowest BCUT2D eigenvalue weighted by Crippen LogP contribution is -2.55. The molecule has 2 heterocycles. The highest BCUT2D eigenvalue weighted by atomic mass is 35.5. The predicted octanol–water partition coefficient (Wildman–Crippen LogP) is 5.43. The van der Waals surface area contributed by atoms with Crippen LogP contribution in [0.4, 0.5) is 24.7 Å². The number of nitrogens with one attached hydrogen (secondary N) is 2. The molecule has 1 aliphatic rings. The number of benzene rings is 3. The highest BCUT2D eigenvalue weighted by Crippen LogP contribution is 2.44. The third-order valence-electron chi connectivity index (χ3n) is 7.23. The van der Waals surface area contributed by atoms with Crippen molar-refractivity contribution in [2.45, 2.75) is 32.0 Å². The maximum absolute atomic E-state index is 14.2. The van der Waals surface area contributed by atoms with Gasteiger partial charge < -0.3 is 5.32 Å². The molecule has 0 saturated heterocycles. The first-order chi connectivity index (χ1) is 20.8. The number of aryl methyl sites for hydroxylation is 1. The van der Waals surface area contributed by atoms with E-state index in [0.29, 0.717) is 28.3 Å². The normalized spacial score (nSPS) is 16.9. The summed E-state index contributed by atoms with van der Waals surface area (Å²) >= 11 is 5.58. The van der Waals surface area contributed by atoms with Gasteiger partial charge in [0.15, 0.2) is 0 Å². The average molecular weight is 646 g/mol. The number of sulfonamides is 1. The Bertz CT molecular complexity index is 1830. The number of likely N-dealkylation sites (N-methyl/N-ethyl adjacent to an activating group) is 1. The molecule has 0 bridgehead atoms. The molecule has 9 nitrogen and oxygen atoms in total. The van der Waals surface area contributed by atoms with E-state index in [9.17, 15) is 31.2 Å². The number of anilines is 2. The summed E-state index contributed by atoms with van der Waals surface area (Å²) in [5.74, 6) is -1.84. The standard InChI is InChI=1S/C30H27ClF3N5O4S/c1-3-38-28-24(18(2)36-39(28)23-13-5-4-6-14-23)25(19-9-8-12-22(16-19)37-44(42,43)17-31)26(29(38)41)35-27(40)20-10-7-11-21(15-20)30(32,33)34/h4-16,25-26,37H,3,17H2,1-2H3,(H,35,40)/t25-,26+/m0/s1. The number of halogens is 4. The van der Waals surface area contributed by atoms with Gasteiger partial charge in [0.25, 0.3) is 11.8 Å². The summed E-state index contributed by atoms with van der Waals surface area (Å²) < 4.78 is 68.7. The number of alkyl halides is 4. The highest BCUT2D eigenvalue weighted by Gasteiger charge is 2.45. The Morgan fingerprint density at radius 2 is 1.73 bits per heavy atom. The van der Waals surface area contributed by atoms with Crippen molar-refractivity contribution in [3.63, 3.8) is 0 Å². The van der Waals surface area contributed by atoms with Gasteiger partial charge in [-0.3, -0.25) is 19.2 Å². The number of fused-ring (bicyclic) bond motifs is 1. The van der Waals surface area contributed by atoms with Gasteiger partial charge in [-0.2, -0.15) is 18.3 Å². The third-order valence-corrected chi connectivity index (χ3v) is 8.93. The van der Waals surface area contributed by atoms with E-state index in [1.54, 1.807) is 30.7 Å². The maximum atomic E-state index is 14.2. The molecule has 2 atom stereocenters. The fourth-order valence-electron chi connectivity index (χ4n) is 5.36. The Kier molecular flexibility index (Phi) is 8.45. The average Bonchev–Trinajstić information content (AvgIpc) is 3.33. The molecule has 0 fully saturated rings. The molecule has 0 aliphatic carbocycles. The summed E-state index contributed by atoms with van der Waals surface area (Å²) in [5.41, 5.74) is 1.14. The zero-order valence-corrected chi connectivity index (χ0v) is 25.0. The first kappa shape index (κ1) is 31.1. The van der Waals surface area contributed by atoms with E-state index >= 15 is 0 Å². The van der Waals surface area contributed by atoms with Crippen molar-refractivity contribution in [1.82, 2.24) is 15.1 Å². The number of hydrogen-bond acceptors (Lipinski definition) is 5. The van der Waals surface area contributed by atoms with E-state index < -0.39 is 50.7 Å². The molecule has 1 aliphatic heterocycles. The minimum Gasteiger partial charge on any atom is -0.339 e. The second-order valence-corrected chi connectivity index (χ2v) is 12.4. The van der Waals surface area contributed by atoms with Gasteiger partial charge in [0.2, 0.25) is 10.0 Å². The Labute approximate surface area is 256 Å². The summed E-state index contributed by atoms with van der Waals surface area (Å²) in [6.07, 6.45) is -4.67. The van der Waals surface area contributed by atoms with Gasteiger partial charge in [0.1, 0.15) is 17.1 Å². The van der Waals surface area contributed by atoms with Crippen molar-refractivity contribution in [2.24, 2.45) is 0 Å². The summed E-state index contributed by atoms with van der Waals surface area (Å²) in [6, 6.07) is 18.1. The van der Waals surface area contributed by atoms with E-state index in [1.807, 2.05) is 30.3 Å². The van der Waals surface area contributed by atoms with Crippen LogP contribution in [0, 0.1) is 6.92 Å². The number of carbonyl (C=O) groups excluding carboxylic acids is 2. The molecular formula is C30H27ClF3N5O4S. The second-order valence-electron chi connectivity index (χ2n) is 10.1. The van der Waals surface area contributed by atoms with Gasteiger partial charge in [-0.05, 0) is 61.9 Å². The zero-order valence-electron chi connectivity index (χ0n) is 23.5. The van der Waals surface area contributed by atoms with Crippen LogP contribution in [0.25, 0.3) is 5.69 Å². The summed E-state index contributed by atoms with van der Waals surface area (Å²) in [4.78, 5) is 29.1. The van der Waals surface area contributed by atoms with Crippen LogP contribution in [0.15, 0.2) is 78.9 Å². The molecule has 0 radical (unpaired) electrons. The molecule has 230 valence electrons. The van der Waals surface area contributed by atoms with Gasteiger partial charge in [-0.15, -0.1) is 11.6 Å². The van der Waals surface area contributed by atoms with Crippen molar-refractivity contribution in [2.75, 3.05) is 21.4 Å². The van der Waals surface area contributed by atoms with Crippen molar-refractivity contribution in [1.29, 1.82) is 0 Å². The lowest BCUT2D eigenvalue weighted by Gasteiger charge is -2.38. The maximum Gasteiger partial charge on any atom is 0.416 e. The number of carbonyl (C=O) groups is 2. The largest absolute Gasteiger partial charge is 0.416 e. The van der Waals surface area contributed by atoms with E-state index in [1.165, 1.54) is 23.1 Å². The molecule has 4 aromatic rings. The molecule has 1 aromatic heterocycles. The van der Waals surface area contributed by atoms with Crippen LogP contribution >= 0.6 is 11.6 Å². The Morgan fingerprint density at radius 1 is 1.02 bits per heavy atom. The first-order valence-electron chi connectivity index (χ1n) is 13.5. The number of nitrogens with zero attached hydrogens (tertiary/aromatic N) is 3. The minimum atomic E-state index is -4.67. The van der Waals surface area contributed by atoms with Crippen LogP contribution < -0.4 is 14.9 Å². The first-order valence-corrected chi connectivity index (χ1v) is 15.6. The van der Waals surface area contributed by atoms with Crippen LogP contribution in [0.2, 0.25) is 0 Å². The summed E-state index contributed by atoms with van der Waals surface area (Å²) in [7, 11) is -3.87. The van der Waals surface area contributed by atoms with Crippen LogP contribution in [-0.2, 0) is 21.0 Å². The van der Waals surface area contributed by atoms with Gasteiger partial charge in [0.05, 0.1) is 16.9 Å². The Hall–Kier alpha value is -4.36. The predicted molar refractivity (Wildman–Crippen MR) is 161 cm³/mol. The van der Waals surface area contributed by atoms with E-state index in [-0.39, 0.29) is 17.8 Å². The zero-order chi connectivity index (χ0) is 31.8. The van der Waals surface area contributed by atoms with Crippen molar-refractivity contribution in [3.05, 3.63) is 107 Å².